The molecule has 0 radical (unpaired) electrons. The highest BCUT2D eigenvalue weighted by atomic mass is 16.3. The molecule has 0 spiro atoms. The average molecular weight is 498 g/mol. The average Bonchev–Trinajstić information content (AvgIpc) is 2.86. The standard InChI is InChI=1S/C31H63NO3/c1-3-5-7-9-11-13-15-16-17-18-20-22-24-26-31(35)32(28-30(34)29-33)27-25-23-21-19-14-12-10-8-6-4-2/h30,33-34H,3-29H2,1-2H3. The van der Waals surface area contributed by atoms with Crippen molar-refractivity contribution in [3.8, 4) is 0 Å². The highest BCUT2D eigenvalue weighted by Gasteiger charge is 2.16. The lowest BCUT2D eigenvalue weighted by Crippen LogP contribution is -2.39. The normalized spacial score (nSPS) is 12.2. The summed E-state index contributed by atoms with van der Waals surface area (Å²) >= 11 is 0. The van der Waals surface area contributed by atoms with E-state index in [0.29, 0.717) is 13.0 Å². The molecule has 1 amide bonds. The SMILES string of the molecule is CCCCCCCCCCCCCCCC(=O)N(CCCCCCCCCCCC)CC(O)CO. The second kappa shape index (κ2) is 28.0. The first kappa shape index (κ1) is 34.4. The maximum absolute atomic E-state index is 12.7. The number of rotatable bonds is 28. The minimum atomic E-state index is -0.825. The van der Waals surface area contributed by atoms with Crippen LogP contribution in [0.1, 0.15) is 168 Å². The number of hydrogen-bond acceptors (Lipinski definition) is 3. The first-order valence-corrected chi connectivity index (χ1v) is 15.7. The molecule has 0 heterocycles. The lowest BCUT2D eigenvalue weighted by atomic mass is 10.0. The fourth-order valence-electron chi connectivity index (χ4n) is 4.87. The predicted octanol–water partition coefficient (Wildman–Crippen LogP) is 8.57. The Morgan fingerprint density at radius 1 is 0.571 bits per heavy atom. The minimum absolute atomic E-state index is 0.150. The van der Waals surface area contributed by atoms with Gasteiger partial charge in [0.25, 0.3) is 0 Å². The van der Waals surface area contributed by atoms with Crippen LogP contribution in [-0.2, 0) is 4.79 Å². The van der Waals surface area contributed by atoms with Gasteiger partial charge in [-0.2, -0.15) is 0 Å². The van der Waals surface area contributed by atoms with Gasteiger partial charge in [-0.05, 0) is 12.8 Å². The van der Waals surface area contributed by atoms with Gasteiger partial charge < -0.3 is 15.1 Å². The second-order valence-electron chi connectivity index (χ2n) is 10.9. The van der Waals surface area contributed by atoms with Gasteiger partial charge in [0.2, 0.25) is 5.91 Å². The van der Waals surface area contributed by atoms with E-state index in [4.69, 9.17) is 0 Å². The molecule has 0 aromatic heterocycles. The highest BCUT2D eigenvalue weighted by Crippen LogP contribution is 2.14. The van der Waals surface area contributed by atoms with Gasteiger partial charge in [-0.1, -0.05) is 149 Å². The molecule has 0 aliphatic heterocycles. The van der Waals surface area contributed by atoms with E-state index in [1.54, 1.807) is 4.90 Å². The Hall–Kier alpha value is -0.610. The van der Waals surface area contributed by atoms with Gasteiger partial charge in [0.05, 0.1) is 12.7 Å². The van der Waals surface area contributed by atoms with E-state index in [0.717, 1.165) is 25.7 Å². The van der Waals surface area contributed by atoms with E-state index < -0.39 is 6.10 Å². The van der Waals surface area contributed by atoms with Crippen LogP contribution in [0.2, 0.25) is 0 Å². The van der Waals surface area contributed by atoms with Crippen molar-refractivity contribution in [1.29, 1.82) is 0 Å². The summed E-state index contributed by atoms with van der Waals surface area (Å²) in [4.78, 5) is 14.5. The Bertz CT molecular complexity index is 429. The van der Waals surface area contributed by atoms with E-state index >= 15 is 0 Å². The summed E-state index contributed by atoms with van der Waals surface area (Å²) in [5.41, 5.74) is 0. The van der Waals surface area contributed by atoms with Crippen molar-refractivity contribution >= 4 is 5.91 Å². The summed E-state index contributed by atoms with van der Waals surface area (Å²) < 4.78 is 0. The van der Waals surface area contributed by atoms with Gasteiger partial charge >= 0.3 is 0 Å². The smallest absolute Gasteiger partial charge is 0.222 e. The zero-order valence-electron chi connectivity index (χ0n) is 23.9. The second-order valence-corrected chi connectivity index (χ2v) is 10.9. The molecule has 0 saturated heterocycles. The van der Waals surface area contributed by atoms with Crippen LogP contribution < -0.4 is 0 Å². The van der Waals surface area contributed by atoms with Crippen LogP contribution in [0.25, 0.3) is 0 Å². The van der Waals surface area contributed by atoms with Crippen molar-refractivity contribution in [2.75, 3.05) is 19.7 Å². The largest absolute Gasteiger partial charge is 0.394 e. The van der Waals surface area contributed by atoms with Gasteiger partial charge in [0.15, 0.2) is 0 Å². The van der Waals surface area contributed by atoms with E-state index in [1.165, 1.54) is 122 Å². The van der Waals surface area contributed by atoms with E-state index in [9.17, 15) is 15.0 Å². The Balaban J connectivity index is 3.79. The fraction of sp³-hybridized carbons (Fsp3) is 0.968. The number of carbonyl (C=O) groups excluding carboxylic acids is 1. The first-order chi connectivity index (χ1) is 17.2. The van der Waals surface area contributed by atoms with Crippen molar-refractivity contribution in [3.63, 3.8) is 0 Å². The monoisotopic (exact) mass is 497 g/mol. The molecular formula is C31H63NO3. The van der Waals surface area contributed by atoms with Gasteiger partial charge in [-0.15, -0.1) is 0 Å². The molecule has 2 N–H and O–H groups in total. The van der Waals surface area contributed by atoms with Gasteiger partial charge in [-0.25, -0.2) is 0 Å². The Labute approximate surface area is 219 Å². The Morgan fingerprint density at radius 2 is 0.914 bits per heavy atom. The van der Waals surface area contributed by atoms with Crippen LogP contribution in [-0.4, -0.2) is 46.8 Å². The zero-order chi connectivity index (χ0) is 25.8. The van der Waals surface area contributed by atoms with Crippen LogP contribution in [0, 0.1) is 0 Å². The molecule has 1 unspecified atom stereocenters. The molecule has 0 rings (SSSR count). The van der Waals surface area contributed by atoms with Gasteiger partial charge in [-0.3, -0.25) is 4.79 Å². The molecule has 0 fully saturated rings. The number of aliphatic hydroxyl groups is 2. The molecule has 0 aromatic carbocycles. The molecule has 210 valence electrons. The summed E-state index contributed by atoms with van der Waals surface area (Å²) in [7, 11) is 0. The quantitative estimate of drug-likeness (QED) is 0.106. The molecule has 0 aliphatic carbocycles. The maximum Gasteiger partial charge on any atom is 0.222 e. The van der Waals surface area contributed by atoms with Crippen molar-refractivity contribution in [1.82, 2.24) is 4.90 Å². The third kappa shape index (κ3) is 24.8. The van der Waals surface area contributed by atoms with E-state index in [2.05, 4.69) is 13.8 Å². The summed E-state index contributed by atoms with van der Waals surface area (Å²) in [6, 6.07) is 0. The molecule has 1 atom stereocenters. The third-order valence-corrected chi connectivity index (χ3v) is 7.27. The fourth-order valence-corrected chi connectivity index (χ4v) is 4.87. The van der Waals surface area contributed by atoms with Crippen LogP contribution >= 0.6 is 0 Å². The number of unbranched alkanes of at least 4 members (excludes halogenated alkanes) is 21. The summed E-state index contributed by atoms with van der Waals surface area (Å²) in [5.74, 6) is 0.150. The van der Waals surface area contributed by atoms with Crippen molar-refractivity contribution in [3.05, 3.63) is 0 Å². The number of amides is 1. The van der Waals surface area contributed by atoms with Crippen LogP contribution in [0.5, 0.6) is 0 Å². The summed E-state index contributed by atoms with van der Waals surface area (Å²) in [6.07, 6.45) is 29.5. The summed E-state index contributed by atoms with van der Waals surface area (Å²) in [5, 5.41) is 19.1. The number of carbonyl (C=O) groups is 1. The van der Waals surface area contributed by atoms with Crippen LogP contribution in [0.15, 0.2) is 0 Å². The van der Waals surface area contributed by atoms with Crippen LogP contribution in [0.4, 0.5) is 0 Å². The molecule has 0 aromatic rings. The summed E-state index contributed by atoms with van der Waals surface area (Å²) in [6.45, 7) is 5.23. The number of aliphatic hydroxyl groups excluding tert-OH is 2. The van der Waals surface area contributed by atoms with E-state index in [-0.39, 0.29) is 19.1 Å². The highest BCUT2D eigenvalue weighted by molar-refractivity contribution is 5.76. The molecule has 4 heteroatoms. The Kier molecular flexibility index (Phi) is 27.5. The van der Waals surface area contributed by atoms with E-state index in [1.807, 2.05) is 0 Å². The molecule has 35 heavy (non-hydrogen) atoms. The van der Waals surface area contributed by atoms with Crippen molar-refractivity contribution in [2.24, 2.45) is 0 Å². The van der Waals surface area contributed by atoms with Crippen molar-refractivity contribution in [2.45, 2.75) is 174 Å². The molecule has 0 aliphatic rings. The zero-order valence-corrected chi connectivity index (χ0v) is 23.9. The minimum Gasteiger partial charge on any atom is -0.394 e. The Morgan fingerprint density at radius 3 is 1.29 bits per heavy atom. The predicted molar refractivity (Wildman–Crippen MR) is 152 cm³/mol. The molecule has 0 saturated carbocycles. The van der Waals surface area contributed by atoms with Crippen molar-refractivity contribution < 1.29 is 15.0 Å². The lowest BCUT2D eigenvalue weighted by molar-refractivity contribution is -0.133. The topological polar surface area (TPSA) is 60.8 Å². The lowest BCUT2D eigenvalue weighted by Gasteiger charge is -2.25. The molecular weight excluding hydrogens is 434 g/mol. The van der Waals surface area contributed by atoms with Crippen LogP contribution in [0.3, 0.4) is 0 Å². The first-order valence-electron chi connectivity index (χ1n) is 15.7. The number of nitrogens with zero attached hydrogens (tertiary/aromatic N) is 1. The molecule has 4 nitrogen and oxygen atoms in total. The number of hydrogen-bond donors (Lipinski definition) is 2. The molecule has 0 bridgehead atoms. The van der Waals surface area contributed by atoms with Gasteiger partial charge in [0, 0.05) is 19.5 Å². The van der Waals surface area contributed by atoms with Gasteiger partial charge in [0.1, 0.15) is 0 Å². The maximum atomic E-state index is 12.7. The third-order valence-electron chi connectivity index (χ3n) is 7.27.